The number of carbonyl (C=O) groups excluding carboxylic acids is 2. The van der Waals surface area contributed by atoms with Crippen LogP contribution in [0.5, 0.6) is 0 Å². The van der Waals surface area contributed by atoms with E-state index in [2.05, 4.69) is 10.6 Å². The van der Waals surface area contributed by atoms with Gasteiger partial charge >= 0.3 is 0 Å². The highest BCUT2D eigenvalue weighted by Crippen LogP contribution is 2.30. The van der Waals surface area contributed by atoms with Gasteiger partial charge in [-0.2, -0.15) is 0 Å². The van der Waals surface area contributed by atoms with Gasteiger partial charge in [0, 0.05) is 5.69 Å². The lowest BCUT2D eigenvalue weighted by Crippen LogP contribution is -2.44. The molecule has 5 nitrogen and oxygen atoms in total. The van der Waals surface area contributed by atoms with Crippen molar-refractivity contribution >= 4 is 28.9 Å². The number of carbonyl (C=O) groups is 2. The van der Waals surface area contributed by atoms with Crippen molar-refractivity contribution in [2.45, 2.75) is 13.8 Å². The number of aryl methyl sites for hydroxylation is 2. The summed E-state index contributed by atoms with van der Waals surface area (Å²) in [4.78, 5) is 26.0. The molecule has 1 aliphatic heterocycles. The highest BCUT2D eigenvalue weighted by atomic mass is 16.2. The van der Waals surface area contributed by atoms with E-state index in [0.29, 0.717) is 0 Å². The first-order valence-electron chi connectivity index (χ1n) is 7.54. The maximum Gasteiger partial charge on any atom is 0.246 e. The van der Waals surface area contributed by atoms with Gasteiger partial charge in [0.2, 0.25) is 11.8 Å². The monoisotopic (exact) mass is 309 g/mol. The molecule has 0 spiro atoms. The van der Waals surface area contributed by atoms with Crippen LogP contribution < -0.4 is 15.5 Å². The van der Waals surface area contributed by atoms with E-state index >= 15 is 0 Å². The van der Waals surface area contributed by atoms with Gasteiger partial charge in [0.15, 0.2) is 0 Å². The van der Waals surface area contributed by atoms with Gasteiger partial charge in [-0.3, -0.25) is 14.5 Å². The lowest BCUT2D eigenvalue weighted by Gasteiger charge is -2.30. The third-order valence-corrected chi connectivity index (χ3v) is 3.78. The predicted molar refractivity (Wildman–Crippen MR) is 91.8 cm³/mol. The van der Waals surface area contributed by atoms with Gasteiger partial charge in [0.05, 0.1) is 17.9 Å². The van der Waals surface area contributed by atoms with Crippen molar-refractivity contribution in [1.29, 1.82) is 0 Å². The topological polar surface area (TPSA) is 61.4 Å². The number of benzene rings is 2. The molecule has 1 aliphatic rings. The molecule has 0 unspecified atom stereocenters. The van der Waals surface area contributed by atoms with Crippen molar-refractivity contribution in [3.8, 4) is 0 Å². The van der Waals surface area contributed by atoms with E-state index in [4.69, 9.17) is 0 Å². The maximum atomic E-state index is 12.3. The number of nitrogens with one attached hydrogen (secondary N) is 2. The molecule has 0 radical (unpaired) electrons. The van der Waals surface area contributed by atoms with Gasteiger partial charge in [-0.05, 0) is 49.2 Å². The molecule has 0 saturated carbocycles. The van der Waals surface area contributed by atoms with Gasteiger partial charge in [-0.25, -0.2) is 0 Å². The lowest BCUT2D eigenvalue weighted by atomic mass is 10.1. The van der Waals surface area contributed by atoms with Gasteiger partial charge in [0.25, 0.3) is 0 Å². The molecular formula is C18H19N3O2. The molecule has 0 aromatic heterocycles. The number of nitrogens with zero attached hydrogens (tertiary/aromatic N) is 1. The largest absolute Gasteiger partial charge is 0.374 e. The molecule has 2 aromatic rings. The van der Waals surface area contributed by atoms with E-state index in [1.54, 1.807) is 0 Å². The lowest BCUT2D eigenvalue weighted by molar-refractivity contribution is -0.120. The number of anilines is 3. The van der Waals surface area contributed by atoms with Crippen LogP contribution in [0.2, 0.25) is 0 Å². The van der Waals surface area contributed by atoms with Crippen molar-refractivity contribution in [1.82, 2.24) is 0 Å². The summed E-state index contributed by atoms with van der Waals surface area (Å²) in [6.07, 6.45) is 0. The second-order valence-electron chi connectivity index (χ2n) is 5.77. The summed E-state index contributed by atoms with van der Waals surface area (Å²) in [7, 11) is 0. The average molecular weight is 309 g/mol. The standard InChI is InChI=1S/C18H19N3O2/c1-12-4-3-5-14(8-12)20-17(22)11-21-16-7-6-13(2)9-15(16)19-10-18(21)23/h3-9,19H,10-11H2,1-2H3,(H,20,22). The molecule has 0 aliphatic carbocycles. The van der Waals surface area contributed by atoms with E-state index in [0.717, 1.165) is 28.2 Å². The predicted octanol–water partition coefficient (Wildman–Crippen LogP) is 2.70. The maximum absolute atomic E-state index is 12.3. The minimum absolute atomic E-state index is 0.00448. The number of rotatable bonds is 3. The van der Waals surface area contributed by atoms with Crippen LogP contribution in [0.25, 0.3) is 0 Å². The summed E-state index contributed by atoms with van der Waals surface area (Å²) in [5.41, 5.74) is 4.54. The highest BCUT2D eigenvalue weighted by molar-refractivity contribution is 6.07. The fourth-order valence-electron chi connectivity index (χ4n) is 2.67. The molecule has 0 bridgehead atoms. The molecule has 0 saturated heterocycles. The number of hydrogen-bond acceptors (Lipinski definition) is 3. The van der Waals surface area contributed by atoms with Crippen LogP contribution >= 0.6 is 0 Å². The van der Waals surface area contributed by atoms with Crippen molar-refractivity contribution in [2.24, 2.45) is 0 Å². The minimum Gasteiger partial charge on any atom is -0.374 e. The Balaban J connectivity index is 1.77. The van der Waals surface area contributed by atoms with Crippen molar-refractivity contribution in [3.63, 3.8) is 0 Å². The van der Waals surface area contributed by atoms with E-state index in [-0.39, 0.29) is 24.9 Å². The van der Waals surface area contributed by atoms with Gasteiger partial charge in [-0.15, -0.1) is 0 Å². The SMILES string of the molecule is Cc1cccc(NC(=O)CN2C(=O)CNc3cc(C)ccc32)c1. The Hall–Kier alpha value is -2.82. The molecule has 0 atom stereocenters. The molecule has 5 heteroatoms. The third kappa shape index (κ3) is 3.34. The molecule has 2 amide bonds. The van der Waals surface area contributed by atoms with E-state index in [1.165, 1.54) is 4.90 Å². The first-order valence-corrected chi connectivity index (χ1v) is 7.54. The van der Waals surface area contributed by atoms with Gasteiger partial charge in [0.1, 0.15) is 6.54 Å². The summed E-state index contributed by atoms with van der Waals surface area (Å²) >= 11 is 0. The van der Waals surface area contributed by atoms with E-state index < -0.39 is 0 Å². The van der Waals surface area contributed by atoms with Crippen LogP contribution in [-0.2, 0) is 9.59 Å². The zero-order valence-electron chi connectivity index (χ0n) is 13.2. The van der Waals surface area contributed by atoms with Gasteiger partial charge in [-0.1, -0.05) is 18.2 Å². The summed E-state index contributed by atoms with van der Waals surface area (Å²) in [5, 5.41) is 5.93. The summed E-state index contributed by atoms with van der Waals surface area (Å²) in [6.45, 7) is 4.17. The molecule has 1 heterocycles. The van der Waals surface area contributed by atoms with Crippen LogP contribution in [0.3, 0.4) is 0 Å². The van der Waals surface area contributed by atoms with E-state index in [1.807, 2.05) is 56.3 Å². The van der Waals surface area contributed by atoms with Crippen molar-refractivity contribution in [3.05, 3.63) is 53.6 Å². The quantitative estimate of drug-likeness (QED) is 0.916. The normalized spacial score (nSPS) is 13.3. The fourth-order valence-corrected chi connectivity index (χ4v) is 2.67. The molecule has 0 fully saturated rings. The van der Waals surface area contributed by atoms with E-state index in [9.17, 15) is 9.59 Å². The zero-order chi connectivity index (χ0) is 16.4. The van der Waals surface area contributed by atoms with Gasteiger partial charge < -0.3 is 10.6 Å². The van der Waals surface area contributed by atoms with Crippen molar-refractivity contribution < 1.29 is 9.59 Å². The first-order chi connectivity index (χ1) is 11.0. The number of fused-ring (bicyclic) bond motifs is 1. The minimum atomic E-state index is -0.211. The second-order valence-corrected chi connectivity index (χ2v) is 5.77. The Labute approximate surface area is 135 Å². The summed E-state index contributed by atoms with van der Waals surface area (Å²) < 4.78 is 0. The molecular weight excluding hydrogens is 290 g/mol. The van der Waals surface area contributed by atoms with Crippen LogP contribution in [-0.4, -0.2) is 24.9 Å². The highest BCUT2D eigenvalue weighted by Gasteiger charge is 2.25. The van der Waals surface area contributed by atoms with Crippen LogP contribution in [0.1, 0.15) is 11.1 Å². The summed E-state index contributed by atoms with van der Waals surface area (Å²) in [6, 6.07) is 13.4. The molecule has 2 aromatic carbocycles. The van der Waals surface area contributed by atoms with Crippen LogP contribution in [0.4, 0.5) is 17.1 Å². The Morgan fingerprint density at radius 1 is 1.17 bits per heavy atom. The number of hydrogen-bond donors (Lipinski definition) is 2. The Bertz CT molecular complexity index is 771. The molecule has 23 heavy (non-hydrogen) atoms. The zero-order valence-corrected chi connectivity index (χ0v) is 13.2. The summed E-state index contributed by atoms with van der Waals surface area (Å²) in [5.74, 6) is -0.321. The molecule has 3 rings (SSSR count). The fraction of sp³-hybridized carbons (Fsp3) is 0.222. The average Bonchev–Trinajstić information content (AvgIpc) is 2.50. The molecule has 118 valence electrons. The third-order valence-electron chi connectivity index (χ3n) is 3.78. The second kappa shape index (κ2) is 6.12. The molecule has 2 N–H and O–H groups in total. The Morgan fingerprint density at radius 3 is 2.74 bits per heavy atom. The first kappa shape index (κ1) is 15.1. The Kier molecular flexibility index (Phi) is 4.02. The van der Waals surface area contributed by atoms with Crippen LogP contribution in [0.15, 0.2) is 42.5 Å². The van der Waals surface area contributed by atoms with Crippen molar-refractivity contribution in [2.75, 3.05) is 28.6 Å². The number of amides is 2. The Morgan fingerprint density at radius 2 is 1.96 bits per heavy atom. The van der Waals surface area contributed by atoms with Crippen LogP contribution in [0, 0.1) is 13.8 Å². The smallest absolute Gasteiger partial charge is 0.246 e.